The van der Waals surface area contributed by atoms with E-state index < -0.39 is 0 Å². The first-order chi connectivity index (χ1) is 9.58. The summed E-state index contributed by atoms with van der Waals surface area (Å²) in [5.41, 5.74) is 0.786. The lowest BCUT2D eigenvalue weighted by Gasteiger charge is -2.12. The lowest BCUT2D eigenvalue weighted by molar-refractivity contribution is 0.0889. The number of aromatic nitrogens is 1. The highest BCUT2D eigenvalue weighted by molar-refractivity contribution is 5.96. The second-order valence-corrected chi connectivity index (χ2v) is 4.40. The highest BCUT2D eigenvalue weighted by Crippen LogP contribution is 2.14. The third-order valence-electron chi connectivity index (χ3n) is 2.96. The van der Waals surface area contributed by atoms with Crippen molar-refractivity contribution in [2.24, 2.45) is 0 Å². The zero-order chi connectivity index (χ0) is 14.7. The van der Waals surface area contributed by atoms with Crippen LogP contribution in [0.4, 0.5) is 0 Å². The van der Waals surface area contributed by atoms with Crippen molar-refractivity contribution in [1.82, 2.24) is 10.0 Å². The number of benzene rings is 1. The maximum Gasteiger partial charge on any atom is 0.291 e. The number of carbonyl (C=O) groups excluding carboxylic acids is 1. The van der Waals surface area contributed by atoms with E-state index in [0.717, 1.165) is 10.3 Å². The van der Waals surface area contributed by atoms with Gasteiger partial charge in [-0.05, 0) is 24.4 Å². The molecule has 0 aliphatic heterocycles. The minimum absolute atomic E-state index is 0.163. The smallest absolute Gasteiger partial charge is 0.291 e. The fourth-order valence-electron chi connectivity index (χ4n) is 2.00. The Hall–Kier alpha value is -2.56. The number of hydrogen-bond acceptors (Lipinski definition) is 3. The molecule has 1 aromatic carbocycles. The van der Waals surface area contributed by atoms with Gasteiger partial charge in [0.1, 0.15) is 12.8 Å². The summed E-state index contributed by atoms with van der Waals surface area (Å²) in [6, 6.07) is 7.12. The SMILES string of the molecule is C=CCNC(=O)c1cc2ccc(C)cc2c(=O)n1OC. The van der Waals surface area contributed by atoms with E-state index in [-0.39, 0.29) is 17.2 Å². The van der Waals surface area contributed by atoms with E-state index in [1.807, 2.05) is 19.1 Å². The van der Waals surface area contributed by atoms with Gasteiger partial charge in [-0.2, -0.15) is 0 Å². The van der Waals surface area contributed by atoms with Crippen molar-refractivity contribution < 1.29 is 9.63 Å². The molecule has 0 saturated heterocycles. The molecule has 5 nitrogen and oxygen atoms in total. The lowest BCUT2D eigenvalue weighted by Crippen LogP contribution is -2.35. The number of fused-ring (bicyclic) bond motifs is 1. The number of hydrogen-bond donors (Lipinski definition) is 1. The van der Waals surface area contributed by atoms with E-state index in [0.29, 0.717) is 17.3 Å². The molecule has 0 spiro atoms. The molecule has 1 N–H and O–H groups in total. The Kier molecular flexibility index (Phi) is 3.89. The van der Waals surface area contributed by atoms with Crippen molar-refractivity contribution >= 4 is 16.7 Å². The van der Waals surface area contributed by atoms with Crippen molar-refractivity contribution in [3.05, 3.63) is 58.5 Å². The van der Waals surface area contributed by atoms with Crippen LogP contribution in [0.15, 0.2) is 41.7 Å². The second kappa shape index (κ2) is 5.61. The Morgan fingerprint density at radius 2 is 2.20 bits per heavy atom. The van der Waals surface area contributed by atoms with Gasteiger partial charge in [-0.15, -0.1) is 11.3 Å². The van der Waals surface area contributed by atoms with E-state index in [1.165, 1.54) is 7.11 Å². The van der Waals surface area contributed by atoms with Crippen LogP contribution in [0.1, 0.15) is 16.1 Å². The van der Waals surface area contributed by atoms with E-state index in [4.69, 9.17) is 4.84 Å². The highest BCUT2D eigenvalue weighted by atomic mass is 16.6. The van der Waals surface area contributed by atoms with Gasteiger partial charge in [-0.25, -0.2) is 0 Å². The summed E-state index contributed by atoms with van der Waals surface area (Å²) >= 11 is 0. The number of amides is 1. The van der Waals surface area contributed by atoms with Gasteiger partial charge in [0.05, 0.1) is 5.39 Å². The van der Waals surface area contributed by atoms with Crippen molar-refractivity contribution in [1.29, 1.82) is 0 Å². The predicted octanol–water partition coefficient (Wildman–Crippen LogP) is 1.28. The minimum Gasteiger partial charge on any atom is -0.413 e. The summed E-state index contributed by atoms with van der Waals surface area (Å²) in [5.74, 6) is -0.383. The fraction of sp³-hybridized carbons (Fsp3) is 0.200. The van der Waals surface area contributed by atoms with Gasteiger partial charge in [0, 0.05) is 6.54 Å². The molecule has 5 heteroatoms. The summed E-state index contributed by atoms with van der Waals surface area (Å²) in [4.78, 5) is 29.4. The lowest BCUT2D eigenvalue weighted by atomic mass is 10.1. The van der Waals surface area contributed by atoms with Crippen LogP contribution in [-0.2, 0) is 0 Å². The maximum atomic E-state index is 12.3. The molecule has 1 heterocycles. The molecule has 0 atom stereocenters. The molecular formula is C15H16N2O3. The van der Waals surface area contributed by atoms with Gasteiger partial charge in [-0.1, -0.05) is 23.8 Å². The van der Waals surface area contributed by atoms with Crippen LogP contribution in [0.2, 0.25) is 0 Å². The Morgan fingerprint density at radius 3 is 2.85 bits per heavy atom. The molecule has 20 heavy (non-hydrogen) atoms. The third-order valence-corrected chi connectivity index (χ3v) is 2.96. The molecule has 0 radical (unpaired) electrons. The van der Waals surface area contributed by atoms with Crippen LogP contribution in [0.25, 0.3) is 10.8 Å². The van der Waals surface area contributed by atoms with Crippen LogP contribution in [0.3, 0.4) is 0 Å². The Morgan fingerprint density at radius 1 is 1.45 bits per heavy atom. The quantitative estimate of drug-likeness (QED) is 0.853. The van der Waals surface area contributed by atoms with Crippen molar-refractivity contribution in [3.63, 3.8) is 0 Å². The summed E-state index contributed by atoms with van der Waals surface area (Å²) in [7, 11) is 1.35. The number of carbonyl (C=O) groups is 1. The molecule has 0 fully saturated rings. The largest absolute Gasteiger partial charge is 0.413 e. The Bertz CT molecular complexity index is 732. The molecule has 0 unspecified atom stereocenters. The summed E-state index contributed by atoms with van der Waals surface area (Å²) < 4.78 is 1.00. The molecule has 104 valence electrons. The number of nitrogens with zero attached hydrogens (tertiary/aromatic N) is 1. The van der Waals surface area contributed by atoms with Gasteiger partial charge in [0.25, 0.3) is 11.5 Å². The van der Waals surface area contributed by atoms with E-state index in [2.05, 4.69) is 11.9 Å². The molecule has 2 aromatic rings. The normalized spacial score (nSPS) is 10.3. The van der Waals surface area contributed by atoms with E-state index in [1.54, 1.807) is 18.2 Å². The number of pyridine rings is 1. The maximum absolute atomic E-state index is 12.3. The monoisotopic (exact) mass is 272 g/mol. The van der Waals surface area contributed by atoms with E-state index in [9.17, 15) is 9.59 Å². The number of rotatable bonds is 4. The first-order valence-corrected chi connectivity index (χ1v) is 6.18. The first-order valence-electron chi connectivity index (χ1n) is 6.18. The standard InChI is InChI=1S/C15H16N2O3/c1-4-7-16-14(18)13-9-11-6-5-10(2)8-12(11)15(19)17(13)20-3/h4-6,8-9H,1,7H2,2-3H3,(H,16,18). The van der Waals surface area contributed by atoms with Crippen LogP contribution in [0, 0.1) is 6.92 Å². The predicted molar refractivity (Wildman–Crippen MR) is 78.0 cm³/mol. The summed E-state index contributed by atoms with van der Waals surface area (Å²) in [5, 5.41) is 3.86. The van der Waals surface area contributed by atoms with Crippen LogP contribution < -0.4 is 15.7 Å². The molecule has 1 amide bonds. The topological polar surface area (TPSA) is 60.3 Å². The molecule has 0 bridgehead atoms. The van der Waals surface area contributed by atoms with Crippen molar-refractivity contribution in [3.8, 4) is 0 Å². The van der Waals surface area contributed by atoms with Crippen LogP contribution >= 0.6 is 0 Å². The van der Waals surface area contributed by atoms with Gasteiger partial charge in [-0.3, -0.25) is 9.59 Å². The van der Waals surface area contributed by atoms with Crippen molar-refractivity contribution in [2.75, 3.05) is 13.7 Å². The summed E-state index contributed by atoms with van der Waals surface area (Å²) in [6.45, 7) is 5.76. The molecule has 0 saturated carbocycles. The minimum atomic E-state index is -0.383. The van der Waals surface area contributed by atoms with Gasteiger partial charge in [0.2, 0.25) is 0 Å². The Labute approximate surface area is 116 Å². The van der Waals surface area contributed by atoms with Crippen LogP contribution in [0.5, 0.6) is 0 Å². The third kappa shape index (κ3) is 2.42. The molecule has 2 rings (SSSR count). The van der Waals surface area contributed by atoms with Gasteiger partial charge in [0.15, 0.2) is 0 Å². The summed E-state index contributed by atoms with van der Waals surface area (Å²) in [6.07, 6.45) is 1.57. The number of aryl methyl sites for hydroxylation is 1. The molecule has 0 aliphatic rings. The molecule has 0 aliphatic carbocycles. The number of nitrogens with one attached hydrogen (secondary N) is 1. The average Bonchev–Trinajstić information content (AvgIpc) is 2.45. The van der Waals surface area contributed by atoms with Gasteiger partial charge < -0.3 is 10.2 Å². The van der Waals surface area contributed by atoms with Crippen LogP contribution in [-0.4, -0.2) is 24.3 Å². The zero-order valence-corrected chi connectivity index (χ0v) is 11.5. The average molecular weight is 272 g/mol. The van der Waals surface area contributed by atoms with E-state index >= 15 is 0 Å². The first kappa shape index (κ1) is 13.9. The molecular weight excluding hydrogens is 256 g/mol. The second-order valence-electron chi connectivity index (χ2n) is 4.40. The molecule has 1 aromatic heterocycles. The highest BCUT2D eigenvalue weighted by Gasteiger charge is 2.15. The fourth-order valence-corrected chi connectivity index (χ4v) is 2.00. The van der Waals surface area contributed by atoms with Crippen molar-refractivity contribution in [2.45, 2.75) is 6.92 Å². The Balaban J connectivity index is 2.66. The van der Waals surface area contributed by atoms with Gasteiger partial charge >= 0.3 is 0 Å². The zero-order valence-electron chi connectivity index (χ0n) is 11.5.